The average Bonchev–Trinajstić information content (AvgIpc) is 2.42. The standard InChI is InChI=1S/C13H25N3O2S/c1-10(13(17)15-6-4-8-18-2)16-7-3-5-11(9-16)12(14)19/h10-11H,3-9H2,1-2H3,(H2,14,19)(H,15,17). The second-order valence-corrected chi connectivity index (χ2v) is 5.52. The molecule has 1 amide bonds. The lowest BCUT2D eigenvalue weighted by atomic mass is 9.97. The van der Waals surface area contributed by atoms with Crippen molar-refractivity contribution in [3.05, 3.63) is 0 Å². The third-order valence-electron chi connectivity index (χ3n) is 3.61. The van der Waals surface area contributed by atoms with E-state index in [2.05, 4.69) is 10.2 Å². The van der Waals surface area contributed by atoms with Crippen LogP contribution in [0.2, 0.25) is 0 Å². The molecule has 1 heterocycles. The Bertz CT molecular complexity index is 312. The van der Waals surface area contributed by atoms with Gasteiger partial charge < -0.3 is 15.8 Å². The average molecular weight is 287 g/mol. The molecule has 0 radical (unpaired) electrons. The van der Waals surface area contributed by atoms with Crippen LogP contribution in [-0.2, 0) is 9.53 Å². The van der Waals surface area contributed by atoms with Crippen LogP contribution < -0.4 is 11.1 Å². The van der Waals surface area contributed by atoms with E-state index in [1.807, 2.05) is 6.92 Å². The molecule has 19 heavy (non-hydrogen) atoms. The Balaban J connectivity index is 2.36. The van der Waals surface area contributed by atoms with Crippen LogP contribution >= 0.6 is 12.2 Å². The number of carbonyl (C=O) groups excluding carboxylic acids is 1. The van der Waals surface area contributed by atoms with Gasteiger partial charge in [0, 0.05) is 32.7 Å². The summed E-state index contributed by atoms with van der Waals surface area (Å²) >= 11 is 5.06. The summed E-state index contributed by atoms with van der Waals surface area (Å²) in [5.41, 5.74) is 5.71. The summed E-state index contributed by atoms with van der Waals surface area (Å²) in [7, 11) is 1.66. The molecule has 0 saturated carbocycles. The van der Waals surface area contributed by atoms with Gasteiger partial charge in [-0.05, 0) is 32.7 Å². The molecule has 0 bridgehead atoms. The Morgan fingerprint density at radius 2 is 2.37 bits per heavy atom. The van der Waals surface area contributed by atoms with E-state index in [-0.39, 0.29) is 17.9 Å². The number of nitrogens with one attached hydrogen (secondary N) is 1. The molecule has 0 aliphatic carbocycles. The molecule has 1 rings (SSSR count). The molecular formula is C13H25N3O2S. The molecule has 0 aromatic carbocycles. The van der Waals surface area contributed by atoms with E-state index in [0.717, 1.165) is 32.4 Å². The molecular weight excluding hydrogens is 262 g/mol. The zero-order chi connectivity index (χ0) is 14.3. The van der Waals surface area contributed by atoms with Gasteiger partial charge in [-0.3, -0.25) is 9.69 Å². The van der Waals surface area contributed by atoms with Crippen molar-refractivity contribution in [2.24, 2.45) is 11.7 Å². The number of likely N-dealkylation sites (tertiary alicyclic amines) is 1. The molecule has 110 valence electrons. The van der Waals surface area contributed by atoms with E-state index < -0.39 is 0 Å². The minimum atomic E-state index is -0.125. The molecule has 1 saturated heterocycles. The second-order valence-electron chi connectivity index (χ2n) is 5.05. The summed E-state index contributed by atoms with van der Waals surface area (Å²) < 4.78 is 4.95. The Morgan fingerprint density at radius 3 is 3.00 bits per heavy atom. The van der Waals surface area contributed by atoms with E-state index in [4.69, 9.17) is 22.7 Å². The molecule has 1 fully saturated rings. The van der Waals surface area contributed by atoms with Crippen molar-refractivity contribution in [3.63, 3.8) is 0 Å². The van der Waals surface area contributed by atoms with Crippen LogP contribution in [0.25, 0.3) is 0 Å². The number of rotatable bonds is 7. The highest BCUT2D eigenvalue weighted by molar-refractivity contribution is 7.80. The largest absolute Gasteiger partial charge is 0.393 e. The van der Waals surface area contributed by atoms with Crippen molar-refractivity contribution in [1.29, 1.82) is 0 Å². The SMILES string of the molecule is COCCCNC(=O)C(C)N1CCCC(C(N)=S)C1. The normalized spacial score (nSPS) is 21.9. The number of thiocarbonyl (C=S) groups is 1. The molecule has 0 aromatic rings. The molecule has 0 spiro atoms. The minimum absolute atomic E-state index is 0.0692. The predicted molar refractivity (Wildman–Crippen MR) is 80.0 cm³/mol. The lowest BCUT2D eigenvalue weighted by Crippen LogP contribution is -2.50. The molecule has 2 atom stereocenters. The van der Waals surface area contributed by atoms with Gasteiger partial charge in [-0.2, -0.15) is 0 Å². The lowest BCUT2D eigenvalue weighted by molar-refractivity contribution is -0.126. The van der Waals surface area contributed by atoms with Gasteiger partial charge in [-0.15, -0.1) is 0 Å². The van der Waals surface area contributed by atoms with Crippen molar-refractivity contribution < 1.29 is 9.53 Å². The maximum atomic E-state index is 12.0. The van der Waals surface area contributed by atoms with E-state index in [0.29, 0.717) is 18.1 Å². The molecule has 1 aliphatic heterocycles. The van der Waals surface area contributed by atoms with Crippen LogP contribution in [0.4, 0.5) is 0 Å². The summed E-state index contributed by atoms with van der Waals surface area (Å²) in [4.78, 5) is 14.8. The number of hydrogen-bond acceptors (Lipinski definition) is 4. The van der Waals surface area contributed by atoms with Gasteiger partial charge in [0.15, 0.2) is 0 Å². The Labute approximate surface area is 120 Å². The highest BCUT2D eigenvalue weighted by atomic mass is 32.1. The number of nitrogens with two attached hydrogens (primary N) is 1. The molecule has 5 nitrogen and oxygen atoms in total. The highest BCUT2D eigenvalue weighted by Gasteiger charge is 2.28. The smallest absolute Gasteiger partial charge is 0.237 e. The van der Waals surface area contributed by atoms with Crippen LogP contribution in [0, 0.1) is 5.92 Å². The van der Waals surface area contributed by atoms with Crippen molar-refractivity contribution in [2.45, 2.75) is 32.2 Å². The van der Waals surface area contributed by atoms with Crippen LogP contribution in [0.3, 0.4) is 0 Å². The fourth-order valence-corrected chi connectivity index (χ4v) is 2.52. The Kier molecular flexibility index (Phi) is 7.27. The first-order chi connectivity index (χ1) is 9.06. The van der Waals surface area contributed by atoms with Crippen LogP contribution in [0.5, 0.6) is 0 Å². The van der Waals surface area contributed by atoms with Gasteiger partial charge >= 0.3 is 0 Å². The van der Waals surface area contributed by atoms with Gasteiger partial charge in [0.2, 0.25) is 5.91 Å². The topological polar surface area (TPSA) is 67.6 Å². The summed E-state index contributed by atoms with van der Waals surface area (Å²) in [5.74, 6) is 0.312. The van der Waals surface area contributed by atoms with Gasteiger partial charge in [0.05, 0.1) is 11.0 Å². The number of carbonyl (C=O) groups is 1. The van der Waals surface area contributed by atoms with Crippen molar-refractivity contribution in [2.75, 3.05) is 33.4 Å². The number of ether oxygens (including phenoxy) is 1. The quantitative estimate of drug-likeness (QED) is 0.528. The zero-order valence-electron chi connectivity index (χ0n) is 11.9. The van der Waals surface area contributed by atoms with E-state index in [1.54, 1.807) is 7.11 Å². The maximum Gasteiger partial charge on any atom is 0.237 e. The Hall–Kier alpha value is -0.720. The number of nitrogens with zero attached hydrogens (tertiary/aromatic N) is 1. The monoisotopic (exact) mass is 287 g/mol. The van der Waals surface area contributed by atoms with Crippen molar-refractivity contribution in [3.8, 4) is 0 Å². The lowest BCUT2D eigenvalue weighted by Gasteiger charge is -2.35. The van der Waals surface area contributed by atoms with Crippen molar-refractivity contribution in [1.82, 2.24) is 10.2 Å². The summed E-state index contributed by atoms with van der Waals surface area (Å²) in [6.45, 7) is 4.99. The first-order valence-corrected chi connectivity index (χ1v) is 7.27. The summed E-state index contributed by atoms with van der Waals surface area (Å²) in [5, 5.41) is 2.93. The fraction of sp³-hybridized carbons (Fsp3) is 0.846. The predicted octanol–water partition coefficient (Wildman–Crippen LogP) is 0.526. The zero-order valence-corrected chi connectivity index (χ0v) is 12.7. The third-order valence-corrected chi connectivity index (χ3v) is 3.94. The molecule has 2 unspecified atom stereocenters. The molecule has 3 N–H and O–H groups in total. The minimum Gasteiger partial charge on any atom is -0.393 e. The van der Waals surface area contributed by atoms with Gasteiger partial charge in [0.1, 0.15) is 0 Å². The van der Waals surface area contributed by atoms with Gasteiger partial charge in [-0.1, -0.05) is 12.2 Å². The maximum absolute atomic E-state index is 12.0. The Morgan fingerprint density at radius 1 is 1.63 bits per heavy atom. The third kappa shape index (κ3) is 5.42. The van der Waals surface area contributed by atoms with E-state index in [1.165, 1.54) is 0 Å². The van der Waals surface area contributed by atoms with E-state index >= 15 is 0 Å². The second kappa shape index (κ2) is 8.45. The number of amides is 1. The first kappa shape index (κ1) is 16.3. The fourth-order valence-electron chi connectivity index (χ4n) is 2.33. The summed E-state index contributed by atoms with van der Waals surface area (Å²) in [6, 6.07) is -0.125. The van der Waals surface area contributed by atoms with Crippen LogP contribution in [0.1, 0.15) is 26.2 Å². The number of methoxy groups -OCH3 is 1. The first-order valence-electron chi connectivity index (χ1n) is 6.86. The molecule has 1 aliphatic rings. The van der Waals surface area contributed by atoms with E-state index in [9.17, 15) is 4.79 Å². The number of hydrogen-bond donors (Lipinski definition) is 2. The van der Waals surface area contributed by atoms with Crippen LogP contribution in [-0.4, -0.2) is 55.2 Å². The summed E-state index contributed by atoms with van der Waals surface area (Å²) in [6.07, 6.45) is 2.92. The highest BCUT2D eigenvalue weighted by Crippen LogP contribution is 2.18. The molecule has 0 aromatic heterocycles. The number of piperidine rings is 1. The van der Waals surface area contributed by atoms with Crippen LogP contribution in [0.15, 0.2) is 0 Å². The molecule has 6 heteroatoms. The van der Waals surface area contributed by atoms with Crippen molar-refractivity contribution >= 4 is 23.1 Å². The van der Waals surface area contributed by atoms with Gasteiger partial charge in [-0.25, -0.2) is 0 Å². The van der Waals surface area contributed by atoms with Gasteiger partial charge in [0.25, 0.3) is 0 Å².